The molecule has 0 bridgehead atoms. The molecular formula is C16H17NO2S. The number of carbonyl (C=O) groups is 1. The number of hydrogen-bond acceptors (Lipinski definition) is 3. The highest BCUT2D eigenvalue weighted by Gasteiger charge is 2.13. The van der Waals surface area contributed by atoms with Crippen molar-refractivity contribution in [3.05, 3.63) is 58.7 Å². The van der Waals surface area contributed by atoms with Gasteiger partial charge in [-0.25, -0.2) is 4.79 Å². The summed E-state index contributed by atoms with van der Waals surface area (Å²) in [6.07, 6.45) is 0. The van der Waals surface area contributed by atoms with E-state index in [-0.39, 0.29) is 5.56 Å². The first kappa shape index (κ1) is 14.5. The number of carboxylic acid groups (broad SMARTS) is 1. The van der Waals surface area contributed by atoms with Crippen LogP contribution < -0.4 is 5.73 Å². The van der Waals surface area contributed by atoms with Crippen LogP contribution in [0.2, 0.25) is 0 Å². The summed E-state index contributed by atoms with van der Waals surface area (Å²) in [6, 6.07) is 11.5. The van der Waals surface area contributed by atoms with Crippen molar-refractivity contribution in [2.75, 3.05) is 5.73 Å². The van der Waals surface area contributed by atoms with E-state index in [2.05, 4.69) is 32.0 Å². The third kappa shape index (κ3) is 3.14. The number of nitrogens with two attached hydrogens (primary N) is 1. The van der Waals surface area contributed by atoms with Crippen molar-refractivity contribution in [3.8, 4) is 0 Å². The van der Waals surface area contributed by atoms with Crippen molar-refractivity contribution in [1.82, 2.24) is 0 Å². The standard InChI is InChI=1S/C16H17NO2S/c1-10-6-7-14(11(2)8-10)20-9-12-4-3-5-13(17)15(12)16(18)19/h3-8H,9,17H2,1-2H3,(H,18,19). The molecule has 20 heavy (non-hydrogen) atoms. The van der Waals surface area contributed by atoms with E-state index in [4.69, 9.17) is 5.73 Å². The molecule has 2 aromatic rings. The van der Waals surface area contributed by atoms with Crippen LogP contribution in [0.1, 0.15) is 27.0 Å². The summed E-state index contributed by atoms with van der Waals surface area (Å²) in [4.78, 5) is 12.4. The molecule has 2 aromatic carbocycles. The summed E-state index contributed by atoms with van der Waals surface area (Å²) in [6.45, 7) is 4.12. The second-order valence-electron chi connectivity index (χ2n) is 4.74. The quantitative estimate of drug-likeness (QED) is 0.661. The molecule has 0 unspecified atom stereocenters. The van der Waals surface area contributed by atoms with Crippen molar-refractivity contribution >= 4 is 23.4 Å². The number of thioether (sulfide) groups is 1. The molecule has 3 N–H and O–H groups in total. The van der Waals surface area contributed by atoms with E-state index >= 15 is 0 Å². The summed E-state index contributed by atoms with van der Waals surface area (Å²) in [5.41, 5.74) is 9.46. The van der Waals surface area contributed by atoms with Gasteiger partial charge in [0.15, 0.2) is 0 Å². The Labute approximate surface area is 122 Å². The van der Waals surface area contributed by atoms with Crippen LogP contribution in [0.4, 0.5) is 5.69 Å². The Morgan fingerprint density at radius 1 is 1.25 bits per heavy atom. The van der Waals surface area contributed by atoms with E-state index in [1.165, 1.54) is 11.1 Å². The number of benzene rings is 2. The van der Waals surface area contributed by atoms with Crippen molar-refractivity contribution in [2.45, 2.75) is 24.5 Å². The Morgan fingerprint density at radius 3 is 2.65 bits per heavy atom. The normalized spacial score (nSPS) is 10.5. The van der Waals surface area contributed by atoms with Gasteiger partial charge in [-0.1, -0.05) is 29.8 Å². The number of hydrogen-bond donors (Lipinski definition) is 2. The molecule has 104 valence electrons. The van der Waals surface area contributed by atoms with Gasteiger partial charge in [0.1, 0.15) is 0 Å². The number of anilines is 1. The molecule has 0 fully saturated rings. The van der Waals surface area contributed by atoms with E-state index in [1.54, 1.807) is 23.9 Å². The van der Waals surface area contributed by atoms with Gasteiger partial charge in [0.05, 0.1) is 5.56 Å². The fourth-order valence-electron chi connectivity index (χ4n) is 2.12. The van der Waals surface area contributed by atoms with Crippen LogP contribution in [0, 0.1) is 13.8 Å². The zero-order valence-electron chi connectivity index (χ0n) is 11.5. The van der Waals surface area contributed by atoms with Gasteiger partial charge in [0, 0.05) is 16.3 Å². The lowest BCUT2D eigenvalue weighted by Gasteiger charge is -2.10. The molecule has 0 amide bonds. The zero-order valence-corrected chi connectivity index (χ0v) is 12.3. The Morgan fingerprint density at radius 2 is 2.00 bits per heavy atom. The van der Waals surface area contributed by atoms with E-state index in [9.17, 15) is 9.90 Å². The molecule has 3 nitrogen and oxygen atoms in total. The van der Waals surface area contributed by atoms with Gasteiger partial charge >= 0.3 is 5.97 Å². The van der Waals surface area contributed by atoms with E-state index in [0.717, 1.165) is 10.5 Å². The molecule has 0 saturated carbocycles. The molecule has 0 saturated heterocycles. The molecule has 0 atom stereocenters. The maximum Gasteiger partial charge on any atom is 0.338 e. The maximum absolute atomic E-state index is 11.3. The van der Waals surface area contributed by atoms with Crippen LogP contribution in [0.3, 0.4) is 0 Å². The number of carboxylic acids is 1. The Hall–Kier alpha value is -1.94. The minimum atomic E-state index is -0.973. The van der Waals surface area contributed by atoms with Gasteiger partial charge in [-0.2, -0.15) is 0 Å². The topological polar surface area (TPSA) is 63.3 Å². The molecule has 2 rings (SSSR count). The zero-order chi connectivity index (χ0) is 14.7. The molecule has 0 heterocycles. The van der Waals surface area contributed by atoms with E-state index in [1.807, 2.05) is 6.07 Å². The largest absolute Gasteiger partial charge is 0.478 e. The average Bonchev–Trinajstić information content (AvgIpc) is 2.37. The van der Waals surface area contributed by atoms with Crippen molar-refractivity contribution in [3.63, 3.8) is 0 Å². The maximum atomic E-state index is 11.3. The van der Waals surface area contributed by atoms with Gasteiger partial charge in [-0.15, -0.1) is 11.8 Å². The summed E-state index contributed by atoms with van der Waals surface area (Å²) in [5, 5.41) is 9.25. The van der Waals surface area contributed by atoms with Crippen LogP contribution in [-0.4, -0.2) is 11.1 Å². The Balaban J connectivity index is 2.23. The average molecular weight is 287 g/mol. The third-order valence-electron chi connectivity index (χ3n) is 3.11. The first-order valence-corrected chi connectivity index (χ1v) is 7.28. The molecule has 0 aliphatic rings. The van der Waals surface area contributed by atoms with E-state index < -0.39 is 5.97 Å². The highest BCUT2D eigenvalue weighted by Crippen LogP contribution is 2.29. The van der Waals surface area contributed by atoms with Crippen LogP contribution in [0.25, 0.3) is 0 Å². The first-order chi connectivity index (χ1) is 9.49. The molecule has 0 aliphatic carbocycles. The van der Waals surface area contributed by atoms with Gasteiger partial charge in [0.2, 0.25) is 0 Å². The van der Waals surface area contributed by atoms with Crippen LogP contribution >= 0.6 is 11.8 Å². The van der Waals surface area contributed by atoms with Crippen LogP contribution in [0.5, 0.6) is 0 Å². The second-order valence-corrected chi connectivity index (χ2v) is 5.76. The van der Waals surface area contributed by atoms with Gasteiger partial charge < -0.3 is 10.8 Å². The van der Waals surface area contributed by atoms with Gasteiger partial charge in [-0.05, 0) is 37.1 Å². The minimum Gasteiger partial charge on any atom is -0.478 e. The lowest BCUT2D eigenvalue weighted by molar-refractivity contribution is 0.0697. The summed E-state index contributed by atoms with van der Waals surface area (Å²) >= 11 is 1.63. The van der Waals surface area contributed by atoms with E-state index in [0.29, 0.717) is 11.4 Å². The lowest BCUT2D eigenvalue weighted by atomic mass is 10.1. The summed E-state index contributed by atoms with van der Waals surface area (Å²) < 4.78 is 0. The lowest BCUT2D eigenvalue weighted by Crippen LogP contribution is -2.06. The molecular weight excluding hydrogens is 270 g/mol. The molecule has 0 aliphatic heterocycles. The van der Waals surface area contributed by atoms with Gasteiger partial charge in [0.25, 0.3) is 0 Å². The highest BCUT2D eigenvalue weighted by molar-refractivity contribution is 7.98. The SMILES string of the molecule is Cc1ccc(SCc2cccc(N)c2C(=O)O)c(C)c1. The first-order valence-electron chi connectivity index (χ1n) is 6.29. The Bertz CT molecular complexity index is 653. The number of nitrogen functional groups attached to an aromatic ring is 1. The molecule has 0 aromatic heterocycles. The predicted octanol–water partition coefficient (Wildman–Crippen LogP) is 3.88. The minimum absolute atomic E-state index is 0.213. The van der Waals surface area contributed by atoms with Crippen molar-refractivity contribution in [2.24, 2.45) is 0 Å². The summed E-state index contributed by atoms with van der Waals surface area (Å²) in [5.74, 6) is -0.379. The second kappa shape index (κ2) is 6.01. The van der Waals surface area contributed by atoms with Crippen LogP contribution in [-0.2, 0) is 5.75 Å². The molecule has 0 spiro atoms. The number of aromatic carboxylic acids is 1. The monoisotopic (exact) mass is 287 g/mol. The fraction of sp³-hybridized carbons (Fsp3) is 0.188. The predicted molar refractivity (Wildman–Crippen MR) is 83.3 cm³/mol. The van der Waals surface area contributed by atoms with Gasteiger partial charge in [-0.3, -0.25) is 0 Å². The fourth-order valence-corrected chi connectivity index (χ4v) is 3.12. The third-order valence-corrected chi connectivity index (χ3v) is 4.33. The summed E-state index contributed by atoms with van der Waals surface area (Å²) in [7, 11) is 0. The smallest absolute Gasteiger partial charge is 0.338 e. The van der Waals surface area contributed by atoms with Crippen molar-refractivity contribution in [1.29, 1.82) is 0 Å². The van der Waals surface area contributed by atoms with Crippen LogP contribution in [0.15, 0.2) is 41.3 Å². The highest BCUT2D eigenvalue weighted by atomic mass is 32.2. The van der Waals surface area contributed by atoms with Crippen molar-refractivity contribution < 1.29 is 9.90 Å². The molecule has 0 radical (unpaired) electrons. The number of aryl methyl sites for hydroxylation is 2. The molecule has 4 heteroatoms. The number of rotatable bonds is 4. The Kier molecular flexibility index (Phi) is 4.35.